The van der Waals surface area contributed by atoms with Crippen LogP contribution in [0.4, 0.5) is 0 Å². The predicted molar refractivity (Wildman–Crippen MR) is 70.6 cm³/mol. The number of piperidine rings is 1. The van der Waals surface area contributed by atoms with E-state index in [2.05, 4.69) is 22.7 Å². The smallest absolute Gasteiger partial charge is 0.269 e. The minimum atomic E-state index is -0.0981. The number of amides is 1. The molecule has 1 amide bonds. The fraction of sp³-hybridized carbons (Fsp3) is 0.692. The van der Waals surface area contributed by atoms with Crippen molar-refractivity contribution in [3.05, 3.63) is 17.5 Å². The van der Waals surface area contributed by atoms with Crippen LogP contribution in [-0.4, -0.2) is 34.3 Å². The lowest BCUT2D eigenvalue weighted by Gasteiger charge is -2.34. The van der Waals surface area contributed by atoms with Gasteiger partial charge in [0.1, 0.15) is 5.69 Å². The van der Waals surface area contributed by atoms with E-state index < -0.39 is 0 Å². The van der Waals surface area contributed by atoms with Crippen LogP contribution in [0.3, 0.4) is 0 Å². The summed E-state index contributed by atoms with van der Waals surface area (Å²) in [5.74, 6) is -0.0122. The van der Waals surface area contributed by atoms with Gasteiger partial charge in [0.25, 0.3) is 5.91 Å². The number of nitrogens with one attached hydrogen (secondary N) is 2. The molecule has 0 spiro atoms. The van der Waals surface area contributed by atoms with Gasteiger partial charge in [0, 0.05) is 12.1 Å². The summed E-state index contributed by atoms with van der Waals surface area (Å²) in [5, 5.41) is 10.8. The average molecular weight is 250 g/mol. The number of hydrogen-bond donors (Lipinski definition) is 2. The second kappa shape index (κ2) is 5.10. The van der Waals surface area contributed by atoms with Crippen molar-refractivity contribution in [3.8, 4) is 0 Å². The van der Waals surface area contributed by atoms with Gasteiger partial charge in [0.2, 0.25) is 0 Å². The highest BCUT2D eigenvalue weighted by Crippen LogP contribution is 2.18. The number of aryl methyl sites for hydroxylation is 2. The monoisotopic (exact) mass is 250 g/mol. The molecule has 0 unspecified atom stereocenters. The number of hydrogen-bond acceptors (Lipinski definition) is 3. The standard InChI is InChI=1S/C13H22N4O/c1-4-17-11(9-10(2)16-17)12(18)15-13(3)5-7-14-8-6-13/h9,14H,4-8H2,1-3H3,(H,15,18). The van der Waals surface area contributed by atoms with Crippen LogP contribution in [0.15, 0.2) is 6.07 Å². The van der Waals surface area contributed by atoms with Gasteiger partial charge in [-0.2, -0.15) is 5.10 Å². The predicted octanol–water partition coefficient (Wildman–Crippen LogP) is 1.08. The zero-order valence-corrected chi connectivity index (χ0v) is 11.4. The number of nitrogens with zero attached hydrogens (tertiary/aromatic N) is 2. The van der Waals surface area contributed by atoms with Gasteiger partial charge < -0.3 is 10.6 Å². The first kappa shape index (κ1) is 13.1. The molecule has 0 aromatic carbocycles. The van der Waals surface area contributed by atoms with E-state index in [0.29, 0.717) is 5.69 Å². The van der Waals surface area contributed by atoms with Crippen LogP contribution in [0.1, 0.15) is 42.9 Å². The van der Waals surface area contributed by atoms with E-state index in [1.807, 2.05) is 19.9 Å². The lowest BCUT2D eigenvalue weighted by Crippen LogP contribution is -2.52. The van der Waals surface area contributed by atoms with Gasteiger partial charge in [0.15, 0.2) is 0 Å². The molecule has 0 aliphatic carbocycles. The van der Waals surface area contributed by atoms with Crippen molar-refractivity contribution < 1.29 is 4.79 Å². The Bertz CT molecular complexity index is 432. The molecule has 1 aliphatic rings. The summed E-state index contributed by atoms with van der Waals surface area (Å²) in [4.78, 5) is 12.3. The van der Waals surface area contributed by atoms with Gasteiger partial charge in [0.05, 0.1) is 5.69 Å². The molecule has 18 heavy (non-hydrogen) atoms. The van der Waals surface area contributed by atoms with E-state index >= 15 is 0 Å². The molecule has 2 rings (SSSR count). The maximum atomic E-state index is 12.3. The largest absolute Gasteiger partial charge is 0.345 e. The van der Waals surface area contributed by atoms with Crippen LogP contribution in [0.2, 0.25) is 0 Å². The van der Waals surface area contributed by atoms with Crippen LogP contribution in [0.25, 0.3) is 0 Å². The third-order valence-electron chi connectivity index (χ3n) is 3.56. The third-order valence-corrected chi connectivity index (χ3v) is 3.56. The third kappa shape index (κ3) is 2.72. The van der Waals surface area contributed by atoms with E-state index in [1.54, 1.807) is 4.68 Å². The van der Waals surface area contributed by atoms with Gasteiger partial charge >= 0.3 is 0 Å². The summed E-state index contributed by atoms with van der Waals surface area (Å²) >= 11 is 0. The van der Waals surface area contributed by atoms with Crippen molar-refractivity contribution in [2.75, 3.05) is 13.1 Å². The summed E-state index contributed by atoms with van der Waals surface area (Å²) in [6, 6.07) is 1.85. The zero-order chi connectivity index (χ0) is 13.2. The normalized spacial score (nSPS) is 18.6. The molecule has 0 atom stereocenters. The minimum absolute atomic E-state index is 0.0122. The van der Waals surface area contributed by atoms with Gasteiger partial charge in [-0.1, -0.05) is 0 Å². The SMILES string of the molecule is CCn1nc(C)cc1C(=O)NC1(C)CCNCC1. The molecule has 1 aromatic heterocycles. The Labute approximate surface area is 108 Å². The van der Waals surface area contributed by atoms with Crippen molar-refractivity contribution in [2.45, 2.75) is 45.7 Å². The number of carbonyl (C=O) groups is 1. The number of carbonyl (C=O) groups excluding carboxylic acids is 1. The van der Waals surface area contributed by atoms with Gasteiger partial charge in [-0.25, -0.2) is 0 Å². The molecule has 1 fully saturated rings. The van der Waals surface area contributed by atoms with E-state index in [-0.39, 0.29) is 11.4 Å². The minimum Gasteiger partial charge on any atom is -0.345 e. The summed E-state index contributed by atoms with van der Waals surface area (Å²) < 4.78 is 1.76. The van der Waals surface area contributed by atoms with E-state index in [0.717, 1.165) is 38.2 Å². The highest BCUT2D eigenvalue weighted by Gasteiger charge is 2.29. The molecular formula is C13H22N4O. The summed E-state index contributed by atoms with van der Waals surface area (Å²) in [5.41, 5.74) is 1.45. The van der Waals surface area contributed by atoms with E-state index in [4.69, 9.17) is 0 Å². The van der Waals surface area contributed by atoms with Crippen molar-refractivity contribution in [1.29, 1.82) is 0 Å². The van der Waals surface area contributed by atoms with Crippen LogP contribution in [0, 0.1) is 6.92 Å². The van der Waals surface area contributed by atoms with Crippen molar-refractivity contribution >= 4 is 5.91 Å². The van der Waals surface area contributed by atoms with Crippen LogP contribution in [0.5, 0.6) is 0 Å². The molecule has 2 heterocycles. The fourth-order valence-electron chi connectivity index (χ4n) is 2.41. The first-order valence-corrected chi connectivity index (χ1v) is 6.62. The number of rotatable bonds is 3. The highest BCUT2D eigenvalue weighted by molar-refractivity contribution is 5.93. The molecule has 2 N–H and O–H groups in total. The van der Waals surface area contributed by atoms with Gasteiger partial charge in [-0.15, -0.1) is 0 Å². The quantitative estimate of drug-likeness (QED) is 0.844. The average Bonchev–Trinajstić information content (AvgIpc) is 2.71. The van der Waals surface area contributed by atoms with Crippen LogP contribution in [-0.2, 0) is 6.54 Å². The Morgan fingerprint density at radius 2 is 2.22 bits per heavy atom. The molecular weight excluding hydrogens is 228 g/mol. The van der Waals surface area contributed by atoms with Gasteiger partial charge in [-0.05, 0) is 52.8 Å². The van der Waals surface area contributed by atoms with Crippen molar-refractivity contribution in [1.82, 2.24) is 20.4 Å². The molecule has 1 saturated heterocycles. The second-order valence-electron chi connectivity index (χ2n) is 5.25. The summed E-state index contributed by atoms with van der Waals surface area (Å²) in [7, 11) is 0. The van der Waals surface area contributed by atoms with Crippen molar-refractivity contribution in [3.63, 3.8) is 0 Å². The lowest BCUT2D eigenvalue weighted by molar-refractivity contribution is 0.0876. The number of aromatic nitrogens is 2. The molecule has 0 bridgehead atoms. The zero-order valence-electron chi connectivity index (χ0n) is 11.4. The molecule has 1 aliphatic heterocycles. The van der Waals surface area contributed by atoms with E-state index in [1.165, 1.54) is 0 Å². The van der Waals surface area contributed by atoms with Gasteiger partial charge in [-0.3, -0.25) is 9.48 Å². The Balaban J connectivity index is 2.11. The van der Waals surface area contributed by atoms with E-state index in [9.17, 15) is 4.79 Å². The maximum absolute atomic E-state index is 12.3. The van der Waals surface area contributed by atoms with Crippen LogP contribution < -0.4 is 10.6 Å². The second-order valence-corrected chi connectivity index (χ2v) is 5.25. The molecule has 5 nitrogen and oxygen atoms in total. The topological polar surface area (TPSA) is 59.0 Å². The van der Waals surface area contributed by atoms with Crippen LogP contribution >= 0.6 is 0 Å². The summed E-state index contributed by atoms with van der Waals surface area (Å²) in [6.45, 7) is 8.66. The Hall–Kier alpha value is -1.36. The Morgan fingerprint density at radius 3 is 2.83 bits per heavy atom. The van der Waals surface area contributed by atoms with Crippen molar-refractivity contribution in [2.24, 2.45) is 0 Å². The Morgan fingerprint density at radius 1 is 1.56 bits per heavy atom. The molecule has 5 heteroatoms. The summed E-state index contributed by atoms with van der Waals surface area (Å²) in [6.07, 6.45) is 1.94. The first-order chi connectivity index (χ1) is 8.54. The molecule has 1 aromatic rings. The lowest BCUT2D eigenvalue weighted by atomic mass is 9.90. The molecule has 100 valence electrons. The fourth-order valence-corrected chi connectivity index (χ4v) is 2.41. The molecule has 0 saturated carbocycles. The molecule has 0 radical (unpaired) electrons. The maximum Gasteiger partial charge on any atom is 0.269 e. The Kier molecular flexibility index (Phi) is 3.71. The first-order valence-electron chi connectivity index (χ1n) is 6.62. The highest BCUT2D eigenvalue weighted by atomic mass is 16.2.